The van der Waals surface area contributed by atoms with Gasteiger partial charge in [0.1, 0.15) is 0 Å². The minimum absolute atomic E-state index is 0.0326. The van der Waals surface area contributed by atoms with Gasteiger partial charge in [-0.3, -0.25) is 14.9 Å². The van der Waals surface area contributed by atoms with Crippen LogP contribution in [0.4, 0.5) is 5.69 Å². The molecule has 0 aliphatic carbocycles. The summed E-state index contributed by atoms with van der Waals surface area (Å²) in [6.07, 6.45) is 1.40. The van der Waals surface area contributed by atoms with E-state index in [9.17, 15) is 20.0 Å². The number of hydrogen-bond donors (Lipinski definition) is 2. The molecule has 2 aromatic rings. The maximum absolute atomic E-state index is 11.9. The number of carbonyl (C=O) groups is 1. The van der Waals surface area contributed by atoms with Crippen molar-refractivity contribution in [2.75, 3.05) is 7.11 Å². The molecule has 0 saturated heterocycles. The Morgan fingerprint density at radius 1 is 1.38 bits per heavy atom. The molecule has 0 bridgehead atoms. The number of carbonyl (C=O) groups excluding carboxylic acids is 1. The number of rotatable bonds is 5. The standard InChI is InChI=1S/C15H12IN3O5/c1-24-13-7-9(6-12(16)14(13)20)8-17-18-15(21)10-2-4-11(5-3-10)19(22)23/h2-8,20H,1H3,(H,18,21)/b17-8+. The van der Waals surface area contributed by atoms with Crippen LogP contribution >= 0.6 is 22.6 Å². The number of nitro groups is 1. The molecule has 2 N–H and O–H groups in total. The largest absolute Gasteiger partial charge is 0.504 e. The van der Waals surface area contributed by atoms with E-state index in [4.69, 9.17) is 4.74 Å². The lowest BCUT2D eigenvalue weighted by molar-refractivity contribution is -0.384. The maximum Gasteiger partial charge on any atom is 0.271 e. The second-order valence-electron chi connectivity index (χ2n) is 4.56. The second kappa shape index (κ2) is 7.73. The molecule has 2 rings (SSSR count). The van der Waals surface area contributed by atoms with Crippen molar-refractivity contribution in [2.24, 2.45) is 5.10 Å². The van der Waals surface area contributed by atoms with E-state index in [1.54, 1.807) is 12.1 Å². The third kappa shape index (κ3) is 4.19. The first-order valence-electron chi connectivity index (χ1n) is 6.56. The first-order valence-corrected chi connectivity index (χ1v) is 7.64. The average molecular weight is 441 g/mol. The number of nitrogens with one attached hydrogen (secondary N) is 1. The minimum atomic E-state index is -0.542. The van der Waals surface area contributed by atoms with E-state index in [1.807, 2.05) is 22.6 Å². The van der Waals surface area contributed by atoms with Crippen LogP contribution in [0.5, 0.6) is 11.5 Å². The molecule has 124 valence electrons. The van der Waals surface area contributed by atoms with Gasteiger partial charge in [0, 0.05) is 17.7 Å². The number of benzene rings is 2. The summed E-state index contributed by atoms with van der Waals surface area (Å²) in [7, 11) is 1.43. The monoisotopic (exact) mass is 441 g/mol. The van der Waals surface area contributed by atoms with Crippen LogP contribution in [0.1, 0.15) is 15.9 Å². The van der Waals surface area contributed by atoms with Gasteiger partial charge >= 0.3 is 0 Å². The lowest BCUT2D eigenvalue weighted by Crippen LogP contribution is -2.17. The SMILES string of the molecule is COc1cc(/C=N/NC(=O)c2ccc([N+](=O)[O-])cc2)cc(I)c1O. The molecule has 0 saturated carbocycles. The van der Waals surface area contributed by atoms with Crippen molar-refractivity contribution in [1.82, 2.24) is 5.43 Å². The van der Waals surface area contributed by atoms with Gasteiger partial charge in [0.2, 0.25) is 0 Å². The molecule has 0 aliphatic heterocycles. The van der Waals surface area contributed by atoms with Crippen LogP contribution in [0, 0.1) is 13.7 Å². The average Bonchev–Trinajstić information content (AvgIpc) is 2.57. The van der Waals surface area contributed by atoms with Crippen LogP contribution in [-0.2, 0) is 0 Å². The summed E-state index contributed by atoms with van der Waals surface area (Å²) in [5.74, 6) is -0.170. The Morgan fingerprint density at radius 3 is 2.62 bits per heavy atom. The third-order valence-corrected chi connectivity index (χ3v) is 3.81. The summed E-state index contributed by atoms with van der Waals surface area (Å²) in [5, 5.41) is 24.1. The summed E-state index contributed by atoms with van der Waals surface area (Å²) < 4.78 is 5.61. The van der Waals surface area contributed by atoms with E-state index >= 15 is 0 Å². The van der Waals surface area contributed by atoms with E-state index in [2.05, 4.69) is 10.5 Å². The van der Waals surface area contributed by atoms with Crippen molar-refractivity contribution in [1.29, 1.82) is 0 Å². The highest BCUT2D eigenvalue weighted by Crippen LogP contribution is 2.31. The molecule has 0 atom stereocenters. The fourth-order valence-corrected chi connectivity index (χ4v) is 2.41. The number of amides is 1. The smallest absolute Gasteiger partial charge is 0.271 e. The molecule has 0 aliphatic rings. The molecule has 0 spiro atoms. The fraction of sp³-hybridized carbons (Fsp3) is 0.0667. The van der Waals surface area contributed by atoms with Gasteiger partial charge in [-0.15, -0.1) is 0 Å². The van der Waals surface area contributed by atoms with Gasteiger partial charge in [-0.25, -0.2) is 5.43 Å². The number of halogens is 1. The van der Waals surface area contributed by atoms with Gasteiger partial charge in [0.15, 0.2) is 11.5 Å². The highest BCUT2D eigenvalue weighted by molar-refractivity contribution is 14.1. The molecule has 0 heterocycles. The first kappa shape index (κ1) is 17.7. The van der Waals surface area contributed by atoms with Crippen molar-refractivity contribution in [3.8, 4) is 11.5 Å². The Hall–Kier alpha value is -2.69. The Labute approximate surface area is 150 Å². The number of hydrazone groups is 1. The third-order valence-electron chi connectivity index (χ3n) is 2.99. The second-order valence-corrected chi connectivity index (χ2v) is 5.72. The highest BCUT2D eigenvalue weighted by atomic mass is 127. The van der Waals surface area contributed by atoms with Crippen LogP contribution in [0.2, 0.25) is 0 Å². The maximum atomic E-state index is 11.9. The molecule has 9 heteroatoms. The van der Waals surface area contributed by atoms with E-state index < -0.39 is 10.8 Å². The summed E-state index contributed by atoms with van der Waals surface area (Å²) in [4.78, 5) is 21.9. The van der Waals surface area contributed by atoms with Crippen molar-refractivity contribution in [2.45, 2.75) is 0 Å². The quantitative estimate of drug-likeness (QED) is 0.321. The lowest BCUT2D eigenvalue weighted by Gasteiger charge is -2.06. The molecule has 24 heavy (non-hydrogen) atoms. The van der Waals surface area contributed by atoms with Crippen LogP contribution < -0.4 is 10.2 Å². The molecular weight excluding hydrogens is 429 g/mol. The summed E-state index contributed by atoms with van der Waals surface area (Å²) in [6, 6.07) is 8.40. The highest BCUT2D eigenvalue weighted by Gasteiger charge is 2.09. The number of methoxy groups -OCH3 is 1. The first-order chi connectivity index (χ1) is 11.4. The van der Waals surface area contributed by atoms with Crippen LogP contribution in [0.3, 0.4) is 0 Å². The number of phenols is 1. The topological polar surface area (TPSA) is 114 Å². The van der Waals surface area contributed by atoms with Gasteiger partial charge < -0.3 is 9.84 Å². The summed E-state index contributed by atoms with van der Waals surface area (Å²) >= 11 is 1.95. The van der Waals surface area contributed by atoms with Crippen molar-refractivity contribution in [3.05, 3.63) is 61.2 Å². The number of aromatic hydroxyl groups is 1. The Bertz CT molecular complexity index is 806. The molecule has 0 radical (unpaired) electrons. The van der Waals surface area contributed by atoms with Crippen LogP contribution in [0.15, 0.2) is 41.5 Å². The van der Waals surface area contributed by atoms with Crippen molar-refractivity contribution < 1.29 is 19.6 Å². The van der Waals surface area contributed by atoms with Crippen molar-refractivity contribution >= 4 is 40.4 Å². The van der Waals surface area contributed by atoms with Gasteiger partial charge in [-0.2, -0.15) is 5.10 Å². The number of non-ortho nitro benzene ring substituents is 1. The van der Waals surface area contributed by atoms with Gasteiger partial charge in [0.25, 0.3) is 11.6 Å². The van der Waals surface area contributed by atoms with Crippen molar-refractivity contribution in [3.63, 3.8) is 0 Å². The zero-order valence-electron chi connectivity index (χ0n) is 12.4. The molecule has 0 aromatic heterocycles. The molecule has 0 fully saturated rings. The fourth-order valence-electron chi connectivity index (χ4n) is 1.79. The molecule has 2 aromatic carbocycles. The van der Waals surface area contributed by atoms with Gasteiger partial charge in [-0.05, 0) is 52.4 Å². The predicted octanol–water partition coefficient (Wildman–Crippen LogP) is 2.68. The number of phenolic OH excluding ortho intramolecular Hbond substituents is 1. The van der Waals surface area contributed by atoms with Gasteiger partial charge in [0.05, 0.1) is 21.8 Å². The Balaban J connectivity index is 2.07. The predicted molar refractivity (Wildman–Crippen MR) is 95.5 cm³/mol. The molecular formula is C15H12IN3O5. The summed E-state index contributed by atoms with van der Waals surface area (Å²) in [5.41, 5.74) is 3.10. The van der Waals surface area contributed by atoms with Gasteiger partial charge in [-0.1, -0.05) is 0 Å². The lowest BCUT2D eigenvalue weighted by atomic mass is 10.2. The van der Waals surface area contributed by atoms with E-state index in [-0.39, 0.29) is 17.0 Å². The number of nitrogens with zero attached hydrogens (tertiary/aromatic N) is 2. The van der Waals surface area contributed by atoms with E-state index in [1.165, 1.54) is 37.6 Å². The Kier molecular flexibility index (Phi) is 5.68. The number of ether oxygens (including phenoxy) is 1. The number of nitro benzene ring substituents is 1. The molecule has 1 amide bonds. The van der Waals surface area contributed by atoms with Crippen LogP contribution in [-0.4, -0.2) is 29.3 Å². The zero-order chi connectivity index (χ0) is 17.7. The zero-order valence-corrected chi connectivity index (χ0v) is 14.6. The molecule has 8 nitrogen and oxygen atoms in total. The van der Waals surface area contributed by atoms with E-state index in [0.717, 1.165) is 0 Å². The Morgan fingerprint density at radius 2 is 2.04 bits per heavy atom. The number of hydrogen-bond acceptors (Lipinski definition) is 6. The molecule has 0 unspecified atom stereocenters. The minimum Gasteiger partial charge on any atom is -0.504 e. The van der Waals surface area contributed by atoms with Crippen LogP contribution in [0.25, 0.3) is 0 Å². The van der Waals surface area contributed by atoms with E-state index in [0.29, 0.717) is 14.9 Å². The summed E-state index contributed by atoms with van der Waals surface area (Å²) in [6.45, 7) is 0. The normalized spacial score (nSPS) is 10.6.